The standard InChI is InChI=1S/C50H31N5O/c1-3-16-32(17-4-1)49-51-52-50(53(49)33-18-5-2-6-19-33)37-23-15-28-42-46(37)34-20-7-10-24-38(34)54(42)40-26-12-13-27-41(40)55-39-25-11-8-21-35(39)47-43(55)30-31-45-48(47)36-22-9-14-29-44(36)56-45/h1-31H. The first kappa shape index (κ1) is 30.7. The Labute approximate surface area is 320 Å². The van der Waals surface area contributed by atoms with Gasteiger partial charge in [0.25, 0.3) is 0 Å². The van der Waals surface area contributed by atoms with Gasteiger partial charge in [0.15, 0.2) is 11.6 Å². The van der Waals surface area contributed by atoms with Crippen molar-refractivity contribution in [1.82, 2.24) is 23.9 Å². The highest BCUT2D eigenvalue weighted by Crippen LogP contribution is 2.44. The maximum Gasteiger partial charge on any atom is 0.169 e. The molecule has 0 saturated carbocycles. The van der Waals surface area contributed by atoms with Crippen molar-refractivity contribution in [3.8, 4) is 39.8 Å². The van der Waals surface area contributed by atoms with Crippen LogP contribution in [0.2, 0.25) is 0 Å². The first-order valence-electron chi connectivity index (χ1n) is 18.9. The fourth-order valence-corrected chi connectivity index (χ4v) is 8.90. The predicted octanol–water partition coefficient (Wildman–Crippen LogP) is 12.7. The third kappa shape index (κ3) is 4.32. The van der Waals surface area contributed by atoms with Crippen LogP contribution in [0.3, 0.4) is 0 Å². The Kier molecular flexibility index (Phi) is 6.53. The van der Waals surface area contributed by atoms with E-state index in [1.165, 1.54) is 10.8 Å². The van der Waals surface area contributed by atoms with Crippen LogP contribution in [0.4, 0.5) is 0 Å². The molecule has 0 N–H and O–H groups in total. The smallest absolute Gasteiger partial charge is 0.169 e. The highest BCUT2D eigenvalue weighted by Gasteiger charge is 2.25. The molecule has 12 rings (SSSR count). The number of fused-ring (bicyclic) bond motifs is 10. The van der Waals surface area contributed by atoms with Crippen molar-refractivity contribution < 1.29 is 4.42 Å². The SMILES string of the molecule is c1ccc(-c2nnc(-c3cccc4c3c3ccccc3n4-c3ccccc3-n3c4ccccc4c4c5c(ccc43)oc3ccccc35)n2-c2ccccc2)cc1. The van der Waals surface area contributed by atoms with Crippen molar-refractivity contribution in [1.29, 1.82) is 0 Å². The molecule has 0 aliphatic heterocycles. The van der Waals surface area contributed by atoms with E-state index in [0.29, 0.717) is 0 Å². The number of hydrogen-bond donors (Lipinski definition) is 0. The van der Waals surface area contributed by atoms with Crippen LogP contribution in [0, 0.1) is 0 Å². The van der Waals surface area contributed by atoms with Gasteiger partial charge in [-0.15, -0.1) is 10.2 Å². The van der Waals surface area contributed by atoms with Crippen molar-refractivity contribution >= 4 is 65.6 Å². The van der Waals surface area contributed by atoms with Gasteiger partial charge in [0, 0.05) is 49.1 Å². The zero-order chi connectivity index (χ0) is 36.7. The second-order valence-corrected chi connectivity index (χ2v) is 14.2. The zero-order valence-corrected chi connectivity index (χ0v) is 30.0. The van der Waals surface area contributed by atoms with Crippen LogP contribution >= 0.6 is 0 Å². The number of furan rings is 1. The predicted molar refractivity (Wildman–Crippen MR) is 228 cm³/mol. The fourth-order valence-electron chi connectivity index (χ4n) is 8.90. The van der Waals surface area contributed by atoms with Crippen LogP contribution in [0.15, 0.2) is 192 Å². The van der Waals surface area contributed by atoms with E-state index in [4.69, 9.17) is 14.6 Å². The molecule has 8 aromatic carbocycles. The molecule has 4 heterocycles. The summed E-state index contributed by atoms with van der Waals surface area (Å²) in [5, 5.41) is 16.7. The van der Waals surface area contributed by atoms with Crippen LogP contribution in [-0.4, -0.2) is 23.9 Å². The van der Waals surface area contributed by atoms with Crippen molar-refractivity contribution in [2.75, 3.05) is 0 Å². The lowest BCUT2D eigenvalue weighted by Gasteiger charge is -2.17. The molecule has 262 valence electrons. The summed E-state index contributed by atoms with van der Waals surface area (Å²) in [4.78, 5) is 0. The van der Waals surface area contributed by atoms with E-state index in [9.17, 15) is 0 Å². The lowest BCUT2D eigenvalue weighted by Crippen LogP contribution is -2.03. The van der Waals surface area contributed by atoms with Gasteiger partial charge < -0.3 is 13.6 Å². The summed E-state index contributed by atoms with van der Waals surface area (Å²) in [5.74, 6) is 1.58. The first-order chi connectivity index (χ1) is 27.8. The molecule has 12 aromatic rings. The molecule has 6 nitrogen and oxygen atoms in total. The van der Waals surface area contributed by atoms with Crippen molar-refractivity contribution in [2.24, 2.45) is 0 Å². The summed E-state index contributed by atoms with van der Waals surface area (Å²) in [6.07, 6.45) is 0. The Balaban J connectivity index is 1.16. The van der Waals surface area contributed by atoms with Gasteiger partial charge >= 0.3 is 0 Å². The van der Waals surface area contributed by atoms with E-state index in [0.717, 1.165) is 94.6 Å². The third-order valence-corrected chi connectivity index (χ3v) is 11.2. The van der Waals surface area contributed by atoms with E-state index < -0.39 is 0 Å². The van der Waals surface area contributed by atoms with Crippen LogP contribution in [0.5, 0.6) is 0 Å². The number of para-hydroxylation sites is 6. The summed E-state index contributed by atoms with van der Waals surface area (Å²) in [6.45, 7) is 0. The second-order valence-electron chi connectivity index (χ2n) is 14.2. The Morgan fingerprint density at radius 3 is 1.62 bits per heavy atom. The maximum absolute atomic E-state index is 6.39. The third-order valence-electron chi connectivity index (χ3n) is 11.2. The number of benzene rings is 8. The molecular weight excluding hydrogens is 687 g/mol. The second kappa shape index (κ2) is 11.9. The molecule has 0 aliphatic carbocycles. The van der Waals surface area contributed by atoms with Crippen molar-refractivity contribution in [3.05, 3.63) is 188 Å². The summed E-state index contributed by atoms with van der Waals surface area (Å²) in [7, 11) is 0. The Hall–Kier alpha value is -7.70. The van der Waals surface area contributed by atoms with Gasteiger partial charge in [0.05, 0.1) is 33.4 Å². The molecular formula is C50H31N5O. The Morgan fingerprint density at radius 1 is 0.339 bits per heavy atom. The van der Waals surface area contributed by atoms with E-state index >= 15 is 0 Å². The molecule has 0 unspecified atom stereocenters. The lowest BCUT2D eigenvalue weighted by molar-refractivity contribution is 0.669. The average molecular weight is 718 g/mol. The first-order valence-corrected chi connectivity index (χ1v) is 18.9. The van der Waals surface area contributed by atoms with Gasteiger partial charge in [-0.25, -0.2) is 0 Å². The normalized spacial score (nSPS) is 11.9. The van der Waals surface area contributed by atoms with Crippen LogP contribution in [0.1, 0.15) is 0 Å². The number of aromatic nitrogens is 5. The van der Waals surface area contributed by atoms with Crippen LogP contribution < -0.4 is 0 Å². The zero-order valence-electron chi connectivity index (χ0n) is 30.0. The summed E-state index contributed by atoms with van der Waals surface area (Å²) in [5.41, 5.74) is 11.4. The lowest BCUT2D eigenvalue weighted by atomic mass is 10.1. The largest absolute Gasteiger partial charge is 0.456 e. The quantitative estimate of drug-likeness (QED) is 0.178. The van der Waals surface area contributed by atoms with Gasteiger partial charge in [-0.2, -0.15) is 0 Å². The van der Waals surface area contributed by atoms with Gasteiger partial charge in [0.2, 0.25) is 0 Å². The van der Waals surface area contributed by atoms with Crippen molar-refractivity contribution in [2.45, 2.75) is 0 Å². The molecule has 0 saturated heterocycles. The molecule has 0 radical (unpaired) electrons. The molecule has 0 atom stereocenters. The average Bonchev–Trinajstić information content (AvgIpc) is 4.04. The summed E-state index contributed by atoms with van der Waals surface area (Å²) >= 11 is 0. The number of hydrogen-bond acceptors (Lipinski definition) is 3. The summed E-state index contributed by atoms with van der Waals surface area (Å²) in [6, 6.07) is 66.1. The van der Waals surface area contributed by atoms with E-state index in [1.54, 1.807) is 0 Å². The van der Waals surface area contributed by atoms with Crippen molar-refractivity contribution in [3.63, 3.8) is 0 Å². The highest BCUT2D eigenvalue weighted by atomic mass is 16.3. The van der Waals surface area contributed by atoms with Crippen LogP contribution in [0.25, 0.3) is 105 Å². The highest BCUT2D eigenvalue weighted by molar-refractivity contribution is 6.27. The van der Waals surface area contributed by atoms with Gasteiger partial charge in [-0.05, 0) is 60.7 Å². The van der Waals surface area contributed by atoms with Crippen LogP contribution in [-0.2, 0) is 0 Å². The molecule has 6 heteroatoms. The molecule has 0 fully saturated rings. The molecule has 0 aliphatic rings. The fraction of sp³-hybridized carbons (Fsp3) is 0. The number of rotatable bonds is 5. The molecule has 0 bridgehead atoms. The van der Waals surface area contributed by atoms with E-state index in [1.807, 2.05) is 30.3 Å². The van der Waals surface area contributed by atoms with Gasteiger partial charge in [-0.3, -0.25) is 4.57 Å². The van der Waals surface area contributed by atoms with Gasteiger partial charge in [-0.1, -0.05) is 127 Å². The van der Waals surface area contributed by atoms with Gasteiger partial charge in [0.1, 0.15) is 11.2 Å². The monoisotopic (exact) mass is 717 g/mol. The Bertz CT molecular complexity index is 3480. The minimum absolute atomic E-state index is 0.788. The molecule has 0 amide bonds. The number of nitrogens with zero attached hydrogens (tertiary/aromatic N) is 5. The molecule has 0 spiro atoms. The molecule has 56 heavy (non-hydrogen) atoms. The van der Waals surface area contributed by atoms with E-state index in [2.05, 4.69) is 171 Å². The maximum atomic E-state index is 6.39. The summed E-state index contributed by atoms with van der Waals surface area (Å²) < 4.78 is 13.4. The minimum atomic E-state index is 0.788. The Morgan fingerprint density at radius 2 is 0.893 bits per heavy atom. The molecule has 4 aromatic heterocycles. The minimum Gasteiger partial charge on any atom is -0.456 e. The topological polar surface area (TPSA) is 53.7 Å². The van der Waals surface area contributed by atoms with E-state index in [-0.39, 0.29) is 0 Å².